The highest BCUT2D eigenvalue weighted by molar-refractivity contribution is 5.86. The van der Waals surface area contributed by atoms with Gasteiger partial charge in [-0.3, -0.25) is 0 Å². The summed E-state index contributed by atoms with van der Waals surface area (Å²) in [6.07, 6.45) is 0.266. The third kappa shape index (κ3) is 5.00. The molecule has 0 aliphatic rings. The first-order valence-electron chi connectivity index (χ1n) is 9.57. The van der Waals surface area contributed by atoms with Gasteiger partial charge in [0.2, 0.25) is 0 Å². The summed E-state index contributed by atoms with van der Waals surface area (Å²) in [7, 11) is 0. The van der Waals surface area contributed by atoms with E-state index in [0.29, 0.717) is 0 Å². The van der Waals surface area contributed by atoms with Crippen LogP contribution in [0.2, 0.25) is 0 Å². The first-order valence-corrected chi connectivity index (χ1v) is 9.57. The summed E-state index contributed by atoms with van der Waals surface area (Å²) in [5.41, 5.74) is 1.13. The maximum absolute atomic E-state index is 12.9. The van der Waals surface area contributed by atoms with Gasteiger partial charge < -0.3 is 9.64 Å². The molecule has 0 heterocycles. The highest BCUT2D eigenvalue weighted by atomic mass is 16.6. The van der Waals surface area contributed by atoms with Crippen LogP contribution in [-0.2, 0) is 4.74 Å². The Hall–Kier alpha value is -2.03. The molecule has 2 aromatic carbocycles. The van der Waals surface area contributed by atoms with E-state index in [9.17, 15) is 4.79 Å². The molecule has 1 atom stereocenters. The zero-order chi connectivity index (χ0) is 19.5. The summed E-state index contributed by atoms with van der Waals surface area (Å²) >= 11 is 0. The molecule has 0 N–H and O–H groups in total. The lowest BCUT2D eigenvalue weighted by Gasteiger charge is -2.33. The number of amides is 1. The zero-order valence-corrected chi connectivity index (χ0v) is 17.2. The Morgan fingerprint density at radius 3 is 2.12 bits per heavy atom. The van der Waals surface area contributed by atoms with Crippen molar-refractivity contribution in [2.45, 2.75) is 73.1 Å². The minimum atomic E-state index is -0.270. The molecule has 0 fully saturated rings. The standard InChI is InChI=1S/C23H33NO2/c1-16(2)24(17(3)4)22(25)26-21(15-23(5,6)7)20-14-10-12-18-11-8-9-13-19(18)20/h8-14,16-17,21H,15H2,1-7H3/t21-/m0/s1. The Morgan fingerprint density at radius 2 is 1.54 bits per heavy atom. The minimum Gasteiger partial charge on any atom is -0.441 e. The number of benzene rings is 2. The van der Waals surface area contributed by atoms with Crippen LogP contribution < -0.4 is 0 Å². The van der Waals surface area contributed by atoms with Crippen molar-refractivity contribution in [3.63, 3.8) is 0 Å². The second-order valence-electron chi connectivity index (χ2n) is 8.80. The van der Waals surface area contributed by atoms with Crippen LogP contribution >= 0.6 is 0 Å². The number of hydrogen-bond acceptors (Lipinski definition) is 2. The number of ether oxygens (including phenoxy) is 1. The molecule has 2 rings (SSSR count). The highest BCUT2D eigenvalue weighted by Crippen LogP contribution is 2.36. The van der Waals surface area contributed by atoms with Gasteiger partial charge in [0.25, 0.3) is 0 Å². The maximum atomic E-state index is 12.9. The summed E-state index contributed by atoms with van der Waals surface area (Å²) in [5, 5.41) is 2.32. The lowest BCUT2D eigenvalue weighted by Crippen LogP contribution is -2.43. The molecule has 142 valence electrons. The van der Waals surface area contributed by atoms with Crippen molar-refractivity contribution in [2.75, 3.05) is 0 Å². The van der Waals surface area contributed by atoms with Crippen molar-refractivity contribution in [1.29, 1.82) is 0 Å². The Kier molecular flexibility index (Phi) is 6.33. The summed E-state index contributed by atoms with van der Waals surface area (Å²) < 4.78 is 6.09. The van der Waals surface area contributed by atoms with Crippen LogP contribution in [0.3, 0.4) is 0 Å². The fourth-order valence-corrected chi connectivity index (χ4v) is 3.50. The van der Waals surface area contributed by atoms with E-state index in [4.69, 9.17) is 4.74 Å². The summed E-state index contributed by atoms with van der Waals surface area (Å²) in [6.45, 7) is 14.6. The predicted octanol–water partition coefficient (Wildman–Crippen LogP) is 6.57. The van der Waals surface area contributed by atoms with Crippen LogP contribution in [0.1, 0.15) is 66.6 Å². The van der Waals surface area contributed by atoms with E-state index in [1.165, 1.54) is 5.39 Å². The molecule has 0 aliphatic carbocycles. The van der Waals surface area contributed by atoms with Crippen LogP contribution in [-0.4, -0.2) is 23.1 Å². The average molecular weight is 356 g/mol. The van der Waals surface area contributed by atoms with E-state index in [1.807, 2.05) is 45.9 Å². The molecule has 0 spiro atoms. The van der Waals surface area contributed by atoms with Gasteiger partial charge in [0.05, 0.1) is 0 Å². The third-order valence-corrected chi connectivity index (χ3v) is 4.53. The Morgan fingerprint density at radius 1 is 0.962 bits per heavy atom. The van der Waals surface area contributed by atoms with Crippen molar-refractivity contribution in [1.82, 2.24) is 4.90 Å². The summed E-state index contributed by atoms with van der Waals surface area (Å²) in [5.74, 6) is 0. The molecule has 0 aliphatic heterocycles. The van der Waals surface area contributed by atoms with Gasteiger partial charge >= 0.3 is 6.09 Å². The minimum absolute atomic E-state index is 0.0440. The fourth-order valence-electron chi connectivity index (χ4n) is 3.50. The monoisotopic (exact) mass is 355 g/mol. The number of hydrogen-bond donors (Lipinski definition) is 0. The van der Waals surface area contributed by atoms with Crippen LogP contribution in [0.5, 0.6) is 0 Å². The van der Waals surface area contributed by atoms with E-state index < -0.39 is 0 Å². The van der Waals surface area contributed by atoms with Gasteiger partial charge in [-0.15, -0.1) is 0 Å². The smallest absolute Gasteiger partial charge is 0.410 e. The normalized spacial score (nSPS) is 13.3. The Bertz CT molecular complexity index is 730. The van der Waals surface area contributed by atoms with Crippen molar-refractivity contribution >= 4 is 16.9 Å². The molecular formula is C23H33NO2. The summed E-state index contributed by atoms with van der Waals surface area (Å²) in [4.78, 5) is 14.7. The van der Waals surface area contributed by atoms with Crippen LogP contribution in [0.4, 0.5) is 4.79 Å². The number of carbonyl (C=O) groups excluding carboxylic acids is 1. The van der Waals surface area contributed by atoms with Crippen molar-refractivity contribution in [3.8, 4) is 0 Å². The van der Waals surface area contributed by atoms with Gasteiger partial charge in [-0.2, -0.15) is 0 Å². The van der Waals surface area contributed by atoms with Crippen LogP contribution in [0.15, 0.2) is 42.5 Å². The molecule has 2 aromatic rings. The number of carbonyl (C=O) groups is 1. The molecule has 0 saturated carbocycles. The zero-order valence-electron chi connectivity index (χ0n) is 17.2. The summed E-state index contributed by atoms with van der Waals surface area (Å²) in [6, 6.07) is 14.7. The lowest BCUT2D eigenvalue weighted by atomic mass is 9.85. The number of nitrogens with zero attached hydrogens (tertiary/aromatic N) is 1. The van der Waals surface area contributed by atoms with Crippen molar-refractivity contribution in [2.24, 2.45) is 5.41 Å². The molecule has 0 unspecified atom stereocenters. The second-order valence-corrected chi connectivity index (χ2v) is 8.80. The van der Waals surface area contributed by atoms with Gasteiger partial charge in [0, 0.05) is 17.6 Å². The Balaban J connectivity index is 2.42. The molecule has 0 aromatic heterocycles. The molecule has 0 saturated heterocycles. The largest absolute Gasteiger partial charge is 0.441 e. The van der Waals surface area contributed by atoms with Crippen LogP contribution in [0.25, 0.3) is 10.8 Å². The molecule has 3 heteroatoms. The van der Waals surface area contributed by atoms with E-state index in [2.05, 4.69) is 45.0 Å². The molecule has 0 radical (unpaired) electrons. The van der Waals surface area contributed by atoms with E-state index >= 15 is 0 Å². The lowest BCUT2D eigenvalue weighted by molar-refractivity contribution is 0.0296. The van der Waals surface area contributed by atoms with Crippen LogP contribution in [0, 0.1) is 5.41 Å². The first-order chi connectivity index (χ1) is 12.1. The van der Waals surface area contributed by atoms with Gasteiger partial charge in [0.15, 0.2) is 0 Å². The topological polar surface area (TPSA) is 29.5 Å². The maximum Gasteiger partial charge on any atom is 0.410 e. The highest BCUT2D eigenvalue weighted by Gasteiger charge is 2.29. The van der Waals surface area contributed by atoms with E-state index in [-0.39, 0.29) is 29.7 Å². The second kappa shape index (κ2) is 8.11. The van der Waals surface area contributed by atoms with Gasteiger partial charge in [-0.05, 0) is 50.3 Å². The number of rotatable bonds is 5. The first kappa shape index (κ1) is 20.3. The quantitative estimate of drug-likeness (QED) is 0.607. The molecule has 0 bridgehead atoms. The molecule has 1 amide bonds. The van der Waals surface area contributed by atoms with E-state index in [1.54, 1.807) is 4.90 Å². The van der Waals surface area contributed by atoms with Crippen molar-refractivity contribution < 1.29 is 9.53 Å². The predicted molar refractivity (Wildman–Crippen MR) is 109 cm³/mol. The van der Waals surface area contributed by atoms with Crippen molar-refractivity contribution in [3.05, 3.63) is 48.0 Å². The molecule has 3 nitrogen and oxygen atoms in total. The Labute approximate surface area is 158 Å². The molecular weight excluding hydrogens is 322 g/mol. The fraction of sp³-hybridized carbons (Fsp3) is 0.522. The van der Waals surface area contributed by atoms with Gasteiger partial charge in [0.1, 0.15) is 6.10 Å². The number of fused-ring (bicyclic) bond motifs is 1. The van der Waals surface area contributed by atoms with Gasteiger partial charge in [-0.25, -0.2) is 4.79 Å². The van der Waals surface area contributed by atoms with Gasteiger partial charge in [-0.1, -0.05) is 63.2 Å². The average Bonchev–Trinajstić information content (AvgIpc) is 2.51. The van der Waals surface area contributed by atoms with E-state index in [0.717, 1.165) is 17.4 Å². The third-order valence-electron chi connectivity index (χ3n) is 4.53. The molecule has 26 heavy (non-hydrogen) atoms. The SMILES string of the molecule is CC(C)N(C(=O)O[C@@H](CC(C)(C)C)c1cccc2ccccc12)C(C)C.